The minimum Gasteiger partial charge on any atom is -0.474 e. The van der Waals surface area contributed by atoms with Crippen molar-refractivity contribution in [1.82, 2.24) is 9.97 Å². The zero-order valence-corrected chi connectivity index (χ0v) is 17.6. The average Bonchev–Trinajstić information content (AvgIpc) is 3.38. The Morgan fingerprint density at radius 3 is 2.94 bits per heavy atom. The van der Waals surface area contributed by atoms with E-state index in [2.05, 4.69) is 32.7 Å². The Kier molecular flexibility index (Phi) is 4.49. The van der Waals surface area contributed by atoms with Crippen molar-refractivity contribution >= 4 is 32.4 Å². The van der Waals surface area contributed by atoms with E-state index < -0.39 is 0 Å². The van der Waals surface area contributed by atoms with Gasteiger partial charge in [0.1, 0.15) is 11.9 Å². The summed E-state index contributed by atoms with van der Waals surface area (Å²) in [6, 6.07) is 16.1. The van der Waals surface area contributed by atoms with Crippen molar-refractivity contribution < 1.29 is 9.13 Å². The zero-order valence-electron chi connectivity index (χ0n) is 16.8. The van der Waals surface area contributed by atoms with E-state index in [1.807, 2.05) is 30.3 Å². The van der Waals surface area contributed by atoms with Gasteiger partial charge in [-0.2, -0.15) is 0 Å². The van der Waals surface area contributed by atoms with E-state index in [4.69, 9.17) is 4.74 Å². The van der Waals surface area contributed by atoms with Crippen LogP contribution in [0.1, 0.15) is 18.4 Å². The summed E-state index contributed by atoms with van der Waals surface area (Å²) in [5, 5.41) is 7.81. The Morgan fingerprint density at radius 1 is 1.13 bits per heavy atom. The maximum absolute atomic E-state index is 14.0. The second-order valence-corrected chi connectivity index (χ2v) is 9.12. The fourth-order valence-corrected chi connectivity index (χ4v) is 5.19. The highest BCUT2D eigenvalue weighted by molar-refractivity contribution is 7.22. The lowest BCUT2D eigenvalue weighted by Crippen LogP contribution is -2.42. The van der Waals surface area contributed by atoms with Crippen LogP contribution in [0.4, 0.5) is 15.2 Å². The van der Waals surface area contributed by atoms with Gasteiger partial charge in [0.2, 0.25) is 5.88 Å². The van der Waals surface area contributed by atoms with Gasteiger partial charge in [-0.3, -0.25) is 0 Å². The Labute approximate surface area is 183 Å². The second kappa shape index (κ2) is 7.50. The highest BCUT2D eigenvalue weighted by atomic mass is 32.1. The van der Waals surface area contributed by atoms with Crippen molar-refractivity contribution in [2.24, 2.45) is 0 Å². The molecule has 2 aromatic carbocycles. The van der Waals surface area contributed by atoms with Gasteiger partial charge in [-0.15, -0.1) is 0 Å². The third kappa shape index (κ3) is 3.59. The number of aromatic nitrogens is 2. The molecule has 5 nitrogen and oxygen atoms in total. The quantitative estimate of drug-likeness (QED) is 0.437. The van der Waals surface area contributed by atoms with Crippen LogP contribution in [0, 0.1) is 5.82 Å². The molecule has 1 aliphatic heterocycles. The Balaban J connectivity index is 1.15. The fourth-order valence-electron chi connectivity index (χ4n) is 4.25. The van der Waals surface area contributed by atoms with Gasteiger partial charge < -0.3 is 15.4 Å². The summed E-state index contributed by atoms with van der Waals surface area (Å²) in [6.07, 6.45) is 3.98. The first-order valence-corrected chi connectivity index (χ1v) is 11.3. The number of para-hydroxylation sites is 1. The van der Waals surface area contributed by atoms with Gasteiger partial charge in [-0.05, 0) is 47.9 Å². The molecular formula is C24H21FN4OS. The number of hydrogen-bond acceptors (Lipinski definition) is 6. The van der Waals surface area contributed by atoms with Crippen molar-refractivity contribution in [1.29, 1.82) is 0 Å². The molecule has 0 unspecified atom stereocenters. The number of halogens is 1. The molecule has 0 bridgehead atoms. The van der Waals surface area contributed by atoms with E-state index >= 15 is 0 Å². The first kappa shape index (κ1) is 18.6. The van der Waals surface area contributed by atoms with Crippen molar-refractivity contribution in [2.75, 3.05) is 17.2 Å². The SMILES string of the molecule is Fc1cnc(OC2CC(Nc3nc4ccccc4s3)C2)c(-c2ccc3c(c2)CCN3)c1. The number of hydrogen-bond donors (Lipinski definition) is 2. The minimum absolute atomic E-state index is 0.0553. The zero-order chi connectivity index (χ0) is 20.8. The molecule has 1 saturated carbocycles. The lowest BCUT2D eigenvalue weighted by molar-refractivity contribution is 0.103. The molecule has 1 fully saturated rings. The molecule has 0 saturated heterocycles. The van der Waals surface area contributed by atoms with Crippen LogP contribution in [-0.4, -0.2) is 28.7 Å². The van der Waals surface area contributed by atoms with Gasteiger partial charge in [0.25, 0.3) is 0 Å². The van der Waals surface area contributed by atoms with E-state index in [1.165, 1.54) is 22.5 Å². The van der Waals surface area contributed by atoms with Crippen LogP contribution in [-0.2, 0) is 6.42 Å². The molecule has 156 valence electrons. The van der Waals surface area contributed by atoms with Crippen LogP contribution in [0.15, 0.2) is 54.7 Å². The number of nitrogens with one attached hydrogen (secondary N) is 2. The number of benzene rings is 2. The molecule has 0 amide bonds. The number of rotatable bonds is 5. The average molecular weight is 433 g/mol. The van der Waals surface area contributed by atoms with Crippen LogP contribution >= 0.6 is 11.3 Å². The first-order valence-electron chi connectivity index (χ1n) is 10.5. The van der Waals surface area contributed by atoms with E-state index in [0.29, 0.717) is 17.5 Å². The summed E-state index contributed by atoms with van der Waals surface area (Å²) in [5.74, 6) is 0.140. The van der Waals surface area contributed by atoms with Crippen molar-refractivity contribution in [3.8, 4) is 17.0 Å². The maximum atomic E-state index is 14.0. The number of anilines is 2. The third-order valence-corrected chi connectivity index (χ3v) is 6.91. The van der Waals surface area contributed by atoms with Gasteiger partial charge in [0.05, 0.1) is 16.4 Å². The van der Waals surface area contributed by atoms with Gasteiger partial charge in [0.15, 0.2) is 5.13 Å². The monoisotopic (exact) mass is 432 g/mol. The van der Waals surface area contributed by atoms with Crippen LogP contribution in [0.25, 0.3) is 21.3 Å². The summed E-state index contributed by atoms with van der Waals surface area (Å²) in [6.45, 7) is 0.939. The highest BCUT2D eigenvalue weighted by Gasteiger charge is 2.32. The van der Waals surface area contributed by atoms with Gasteiger partial charge in [0, 0.05) is 36.7 Å². The van der Waals surface area contributed by atoms with Crippen LogP contribution in [0.5, 0.6) is 5.88 Å². The van der Waals surface area contributed by atoms with E-state index in [0.717, 1.165) is 47.7 Å². The normalized spacial score (nSPS) is 19.5. The number of pyridine rings is 1. The summed E-state index contributed by atoms with van der Waals surface area (Å²) in [7, 11) is 0. The van der Waals surface area contributed by atoms with Crippen LogP contribution in [0.2, 0.25) is 0 Å². The molecule has 2 aliphatic rings. The van der Waals surface area contributed by atoms with Crippen LogP contribution < -0.4 is 15.4 Å². The molecule has 0 spiro atoms. The highest BCUT2D eigenvalue weighted by Crippen LogP contribution is 2.36. The number of nitrogens with zero attached hydrogens (tertiary/aromatic N) is 2. The smallest absolute Gasteiger partial charge is 0.221 e. The lowest BCUT2D eigenvalue weighted by atomic mass is 9.89. The van der Waals surface area contributed by atoms with E-state index in [9.17, 15) is 4.39 Å². The molecule has 7 heteroatoms. The largest absolute Gasteiger partial charge is 0.474 e. The van der Waals surface area contributed by atoms with E-state index in [-0.39, 0.29) is 11.9 Å². The standard InChI is InChI=1S/C24H21FN4OS/c25-16-10-19(14-5-6-20-15(9-14)7-8-26-20)23(27-13-16)30-18-11-17(12-18)28-24-29-21-3-1-2-4-22(21)31-24/h1-6,9-10,13,17-18,26H,7-8,11-12H2,(H,28,29). The number of fused-ring (bicyclic) bond motifs is 2. The molecule has 2 N–H and O–H groups in total. The molecule has 0 radical (unpaired) electrons. The lowest BCUT2D eigenvalue weighted by Gasteiger charge is -2.35. The topological polar surface area (TPSA) is 59.1 Å². The van der Waals surface area contributed by atoms with Crippen molar-refractivity contribution in [3.05, 3.63) is 66.1 Å². The summed E-state index contributed by atoms with van der Waals surface area (Å²) >= 11 is 1.67. The summed E-state index contributed by atoms with van der Waals surface area (Å²) in [4.78, 5) is 8.91. The predicted octanol–water partition coefficient (Wildman–Crippen LogP) is 5.49. The molecular weight excluding hydrogens is 411 g/mol. The summed E-state index contributed by atoms with van der Waals surface area (Å²) < 4.78 is 21.4. The predicted molar refractivity (Wildman–Crippen MR) is 123 cm³/mol. The molecule has 2 aromatic heterocycles. The Hall–Kier alpha value is -3.19. The summed E-state index contributed by atoms with van der Waals surface area (Å²) in [5.41, 5.74) is 5.06. The fraction of sp³-hybridized carbons (Fsp3) is 0.250. The minimum atomic E-state index is -0.357. The van der Waals surface area contributed by atoms with Gasteiger partial charge >= 0.3 is 0 Å². The molecule has 4 aromatic rings. The third-order valence-electron chi connectivity index (χ3n) is 5.94. The molecule has 31 heavy (non-hydrogen) atoms. The van der Waals surface area contributed by atoms with Crippen LogP contribution in [0.3, 0.4) is 0 Å². The van der Waals surface area contributed by atoms with E-state index in [1.54, 1.807) is 11.3 Å². The van der Waals surface area contributed by atoms with Crippen molar-refractivity contribution in [3.63, 3.8) is 0 Å². The number of ether oxygens (including phenoxy) is 1. The molecule has 1 aliphatic carbocycles. The van der Waals surface area contributed by atoms with Gasteiger partial charge in [-0.25, -0.2) is 14.4 Å². The molecule has 0 atom stereocenters. The maximum Gasteiger partial charge on any atom is 0.221 e. The molecule has 3 heterocycles. The Morgan fingerprint density at radius 2 is 2.03 bits per heavy atom. The van der Waals surface area contributed by atoms with Crippen molar-refractivity contribution in [2.45, 2.75) is 31.4 Å². The molecule has 6 rings (SSSR count). The second-order valence-electron chi connectivity index (χ2n) is 8.09. The van der Waals surface area contributed by atoms with Gasteiger partial charge in [-0.1, -0.05) is 29.5 Å². The Bertz CT molecular complexity index is 1230. The number of thiazole rings is 1. The first-order chi connectivity index (χ1) is 15.2.